The number of hydrogen-bond acceptors (Lipinski definition) is 9. The molecule has 226 valence electrons. The minimum atomic E-state index is -4.37. The summed E-state index contributed by atoms with van der Waals surface area (Å²) in [5.41, 5.74) is -0.680. The summed E-state index contributed by atoms with van der Waals surface area (Å²) in [6.45, 7) is 9.03. The van der Waals surface area contributed by atoms with Crippen molar-refractivity contribution in [2.24, 2.45) is 0 Å². The van der Waals surface area contributed by atoms with Crippen molar-refractivity contribution in [2.45, 2.75) is 63.9 Å². The molecule has 1 unspecified atom stereocenters. The Kier molecular flexibility index (Phi) is 9.54. The zero-order chi connectivity index (χ0) is 30.7. The lowest BCUT2D eigenvalue weighted by atomic mass is 9.98. The first kappa shape index (κ1) is 31.4. The van der Waals surface area contributed by atoms with Gasteiger partial charge in [0.15, 0.2) is 11.9 Å². The Balaban J connectivity index is 1.55. The number of rotatable bonds is 11. The molecule has 2 heterocycles. The third-order valence-electron chi connectivity index (χ3n) is 6.57. The molecule has 1 amide bonds. The van der Waals surface area contributed by atoms with E-state index < -0.39 is 62.5 Å². The largest absolute Gasteiger partial charge is 0.462 e. The van der Waals surface area contributed by atoms with E-state index >= 15 is 4.39 Å². The molecule has 42 heavy (non-hydrogen) atoms. The molecule has 3 N–H and O–H groups in total. The van der Waals surface area contributed by atoms with E-state index in [-0.39, 0.29) is 11.6 Å². The summed E-state index contributed by atoms with van der Waals surface area (Å²) in [5.74, 6) is -0.915. The van der Waals surface area contributed by atoms with Crippen LogP contribution in [0.15, 0.2) is 79.3 Å². The van der Waals surface area contributed by atoms with Gasteiger partial charge in [-0.3, -0.25) is 14.1 Å². The number of nitrogens with zero attached hydrogens (tertiary/aromatic N) is 1. The minimum absolute atomic E-state index is 0.0524. The number of hydrogen-bond donors (Lipinski definition) is 3. The Morgan fingerprint density at radius 1 is 1.21 bits per heavy atom. The van der Waals surface area contributed by atoms with Gasteiger partial charge in [0.25, 0.3) is 5.91 Å². The number of alkyl halides is 1. The van der Waals surface area contributed by atoms with Gasteiger partial charge in [-0.1, -0.05) is 49.0 Å². The van der Waals surface area contributed by atoms with Crippen LogP contribution in [0.25, 0.3) is 11.1 Å². The quantitative estimate of drug-likeness (QED) is 0.255. The molecule has 0 aliphatic carbocycles. The van der Waals surface area contributed by atoms with E-state index in [1.807, 2.05) is 36.4 Å². The van der Waals surface area contributed by atoms with Crippen LogP contribution in [0.5, 0.6) is 5.75 Å². The Hall–Kier alpha value is -3.54. The molecule has 11 nitrogen and oxygen atoms in total. The number of nitrogens with one attached hydrogen (secondary N) is 2. The molecule has 0 saturated carbocycles. The van der Waals surface area contributed by atoms with Crippen molar-refractivity contribution in [1.82, 2.24) is 15.3 Å². The van der Waals surface area contributed by atoms with Gasteiger partial charge in [-0.25, -0.2) is 8.96 Å². The molecule has 13 heteroatoms. The summed E-state index contributed by atoms with van der Waals surface area (Å²) in [6, 6.07) is 15.1. The van der Waals surface area contributed by atoms with Gasteiger partial charge in [0.2, 0.25) is 0 Å². The fourth-order valence-corrected chi connectivity index (χ4v) is 5.94. The number of benzene rings is 2. The number of carbonyl (C=O) groups excluding carboxylic acids is 2. The summed E-state index contributed by atoms with van der Waals surface area (Å²) in [5, 5.41) is 15.8. The number of aliphatic hydroxyl groups excluding tert-OH is 1. The first-order valence-electron chi connectivity index (χ1n) is 13.4. The molecular weight excluding hydrogens is 568 g/mol. The molecule has 4 rings (SSSR count). The second-order valence-corrected chi connectivity index (χ2v) is 12.1. The number of ether oxygens (including phenoxy) is 2. The third kappa shape index (κ3) is 7.26. The molecule has 0 aromatic heterocycles. The van der Waals surface area contributed by atoms with Crippen molar-refractivity contribution in [1.29, 1.82) is 0 Å². The molecule has 2 aromatic rings. The maximum absolute atomic E-state index is 15.7. The van der Waals surface area contributed by atoms with Crippen LogP contribution < -0.4 is 14.9 Å². The SMILES string of the molecule is C=C1NC(=O)C=CN1[C@@H]1O[C@H](COP(=O)(N[C@@H](C)C(=O)OC(C)C)Oc2cccc(-c3ccccc3)c2)[C@@H](O)[C@@]1(C)F. The lowest BCUT2D eigenvalue weighted by Gasteiger charge is -2.35. The number of halogens is 1. The van der Waals surface area contributed by atoms with E-state index in [4.69, 9.17) is 18.5 Å². The number of amides is 1. The van der Waals surface area contributed by atoms with Gasteiger partial charge in [0, 0.05) is 12.3 Å². The Labute approximate surface area is 243 Å². The summed E-state index contributed by atoms with van der Waals surface area (Å²) in [6.07, 6.45) is -2.39. The van der Waals surface area contributed by atoms with E-state index in [0.717, 1.165) is 24.1 Å². The first-order chi connectivity index (χ1) is 19.8. The highest BCUT2D eigenvalue weighted by Gasteiger charge is 2.57. The molecule has 0 spiro atoms. The molecular formula is C29H35FN3O8P. The molecule has 1 saturated heterocycles. The van der Waals surface area contributed by atoms with Crippen molar-refractivity contribution in [3.05, 3.63) is 79.3 Å². The molecule has 2 aliphatic heterocycles. The van der Waals surface area contributed by atoms with Crippen LogP contribution >= 0.6 is 7.75 Å². The van der Waals surface area contributed by atoms with E-state index in [2.05, 4.69) is 17.0 Å². The van der Waals surface area contributed by atoms with Gasteiger partial charge in [-0.15, -0.1) is 0 Å². The fourth-order valence-electron chi connectivity index (χ4n) is 4.44. The van der Waals surface area contributed by atoms with Crippen molar-refractivity contribution in [2.75, 3.05) is 6.61 Å². The van der Waals surface area contributed by atoms with E-state index in [9.17, 15) is 19.3 Å². The lowest BCUT2D eigenvalue weighted by Crippen LogP contribution is -2.51. The average molecular weight is 604 g/mol. The second-order valence-electron chi connectivity index (χ2n) is 10.4. The van der Waals surface area contributed by atoms with Crippen LogP contribution in [0.4, 0.5) is 4.39 Å². The van der Waals surface area contributed by atoms with Gasteiger partial charge < -0.3 is 29.3 Å². The van der Waals surface area contributed by atoms with Crippen molar-refractivity contribution >= 4 is 19.6 Å². The van der Waals surface area contributed by atoms with Gasteiger partial charge in [-0.05, 0) is 51.0 Å². The molecule has 1 fully saturated rings. The van der Waals surface area contributed by atoms with Crippen LogP contribution in [-0.4, -0.2) is 64.7 Å². The van der Waals surface area contributed by atoms with Crippen molar-refractivity contribution in [3.8, 4) is 16.9 Å². The van der Waals surface area contributed by atoms with Gasteiger partial charge in [-0.2, -0.15) is 5.09 Å². The predicted octanol–water partition coefficient (Wildman–Crippen LogP) is 4.02. The Bertz CT molecular complexity index is 1390. The topological polar surface area (TPSA) is 136 Å². The van der Waals surface area contributed by atoms with E-state index in [0.29, 0.717) is 0 Å². The first-order valence-corrected chi connectivity index (χ1v) is 14.9. The summed E-state index contributed by atoms with van der Waals surface area (Å²) >= 11 is 0. The summed E-state index contributed by atoms with van der Waals surface area (Å²) in [7, 11) is -4.37. The standard InChI is InChI=1S/C29H35FN3O8P/c1-18(2)39-27(36)19(3)32-42(37,41-23-13-9-12-22(16-23)21-10-7-6-8-11-21)38-17-24-26(35)29(5,30)28(40-24)33-15-14-25(34)31-20(33)4/h6-16,18-19,24,26,28,35H,4,17H2,1-3,5H3,(H,31,34)(H,32,37)/t19-,24+,26+,28+,29+,42?/m0/s1. The highest BCUT2D eigenvalue weighted by Crippen LogP contribution is 2.47. The van der Waals surface area contributed by atoms with Crippen LogP contribution in [0, 0.1) is 0 Å². The highest BCUT2D eigenvalue weighted by atomic mass is 31.2. The maximum atomic E-state index is 15.7. The van der Waals surface area contributed by atoms with E-state index in [1.54, 1.807) is 32.0 Å². The van der Waals surface area contributed by atoms with E-state index in [1.165, 1.54) is 18.0 Å². The van der Waals surface area contributed by atoms with Crippen LogP contribution in [-0.2, 0) is 28.2 Å². The van der Waals surface area contributed by atoms with Gasteiger partial charge in [0.1, 0.15) is 29.8 Å². The molecule has 6 atom stereocenters. The number of esters is 1. The zero-order valence-corrected chi connectivity index (χ0v) is 24.6. The van der Waals surface area contributed by atoms with Crippen LogP contribution in [0.2, 0.25) is 0 Å². The molecule has 0 radical (unpaired) electrons. The second kappa shape index (κ2) is 12.8. The minimum Gasteiger partial charge on any atom is -0.462 e. The molecule has 2 aliphatic rings. The maximum Gasteiger partial charge on any atom is 0.459 e. The number of carbonyl (C=O) groups is 2. The summed E-state index contributed by atoms with van der Waals surface area (Å²) in [4.78, 5) is 25.4. The summed E-state index contributed by atoms with van der Waals surface area (Å²) < 4.78 is 52.3. The normalized spacial score (nSPS) is 26.1. The molecule has 2 aromatic carbocycles. The van der Waals surface area contributed by atoms with Gasteiger partial charge >= 0.3 is 13.7 Å². The predicted molar refractivity (Wildman–Crippen MR) is 152 cm³/mol. The van der Waals surface area contributed by atoms with Crippen molar-refractivity contribution in [3.63, 3.8) is 0 Å². The third-order valence-corrected chi connectivity index (χ3v) is 8.21. The van der Waals surface area contributed by atoms with Crippen molar-refractivity contribution < 1.29 is 42.2 Å². The zero-order valence-electron chi connectivity index (χ0n) is 23.7. The monoisotopic (exact) mass is 603 g/mol. The highest BCUT2D eigenvalue weighted by molar-refractivity contribution is 7.52. The van der Waals surface area contributed by atoms with Crippen LogP contribution in [0.3, 0.4) is 0 Å². The number of aliphatic hydroxyl groups is 1. The molecule has 0 bridgehead atoms. The average Bonchev–Trinajstić information content (AvgIpc) is 3.15. The fraction of sp³-hybridized carbons (Fsp3) is 0.379. The Morgan fingerprint density at radius 3 is 2.57 bits per heavy atom. The van der Waals surface area contributed by atoms with Gasteiger partial charge in [0.05, 0.1) is 12.7 Å². The lowest BCUT2D eigenvalue weighted by molar-refractivity contribution is -0.149. The van der Waals surface area contributed by atoms with Crippen LogP contribution in [0.1, 0.15) is 27.7 Å². The smallest absolute Gasteiger partial charge is 0.459 e. The Morgan fingerprint density at radius 2 is 1.90 bits per heavy atom.